The predicted octanol–water partition coefficient (Wildman–Crippen LogP) is 3.79. The lowest BCUT2D eigenvalue weighted by atomic mass is 9.85. The van der Waals surface area contributed by atoms with Crippen molar-refractivity contribution in [2.75, 3.05) is 0 Å². The van der Waals surface area contributed by atoms with Gasteiger partial charge in [0.1, 0.15) is 5.75 Å². The number of halogens is 4. The minimum absolute atomic E-state index is 0.0182. The van der Waals surface area contributed by atoms with Crippen molar-refractivity contribution in [3.05, 3.63) is 28.3 Å². The summed E-state index contributed by atoms with van der Waals surface area (Å²) in [6.45, 7) is 0. The van der Waals surface area contributed by atoms with Gasteiger partial charge < -0.3 is 10.8 Å². The highest BCUT2D eigenvalue weighted by molar-refractivity contribution is 6.32. The Morgan fingerprint density at radius 2 is 1.78 bits per heavy atom. The maximum absolute atomic E-state index is 13.0. The topological polar surface area (TPSA) is 46.2 Å². The van der Waals surface area contributed by atoms with Crippen molar-refractivity contribution in [1.82, 2.24) is 0 Å². The number of hydrogen-bond donors (Lipinski definition) is 2. The standard InChI is InChI=1S/C12H13ClF3NO/c13-9-5-7(11(17)3-1-2-4-11)8(6-10(9)18)12(14,15)16/h5-6,18H,1-4,17H2. The molecule has 0 amide bonds. The van der Waals surface area contributed by atoms with Gasteiger partial charge in [-0.25, -0.2) is 0 Å². The van der Waals surface area contributed by atoms with Crippen LogP contribution in [0.3, 0.4) is 0 Å². The molecular formula is C12H13ClF3NO. The lowest BCUT2D eigenvalue weighted by molar-refractivity contribution is -0.138. The molecule has 100 valence electrons. The van der Waals surface area contributed by atoms with Gasteiger partial charge in [-0.05, 0) is 30.5 Å². The number of hydrogen-bond acceptors (Lipinski definition) is 2. The van der Waals surface area contributed by atoms with E-state index in [1.807, 2.05) is 0 Å². The normalized spacial score (nSPS) is 19.2. The molecule has 6 heteroatoms. The van der Waals surface area contributed by atoms with Crippen LogP contribution < -0.4 is 5.73 Å². The summed E-state index contributed by atoms with van der Waals surface area (Å²) in [4.78, 5) is 0. The van der Waals surface area contributed by atoms with Crippen LogP contribution in [0.15, 0.2) is 12.1 Å². The van der Waals surface area contributed by atoms with Crippen LogP contribution in [-0.2, 0) is 11.7 Å². The maximum Gasteiger partial charge on any atom is 0.416 e. The first-order chi connectivity index (χ1) is 8.24. The Morgan fingerprint density at radius 3 is 2.28 bits per heavy atom. The van der Waals surface area contributed by atoms with Gasteiger partial charge in [-0.15, -0.1) is 0 Å². The number of phenolic OH excluding ortho intramolecular Hbond substituents is 1. The molecule has 2 rings (SSSR count). The first-order valence-electron chi connectivity index (χ1n) is 5.63. The largest absolute Gasteiger partial charge is 0.506 e. The molecule has 0 aromatic heterocycles. The van der Waals surface area contributed by atoms with E-state index < -0.39 is 23.0 Å². The van der Waals surface area contributed by atoms with E-state index >= 15 is 0 Å². The minimum atomic E-state index is -4.55. The smallest absolute Gasteiger partial charge is 0.416 e. The van der Waals surface area contributed by atoms with Gasteiger partial charge in [0.05, 0.1) is 10.6 Å². The fourth-order valence-corrected chi connectivity index (χ4v) is 2.65. The molecule has 18 heavy (non-hydrogen) atoms. The molecule has 0 radical (unpaired) electrons. The second kappa shape index (κ2) is 4.31. The van der Waals surface area contributed by atoms with Gasteiger partial charge >= 0.3 is 6.18 Å². The van der Waals surface area contributed by atoms with Crippen LogP contribution in [-0.4, -0.2) is 5.11 Å². The Hall–Kier alpha value is -0.940. The molecule has 1 aliphatic carbocycles. The number of phenols is 1. The Balaban J connectivity index is 2.61. The van der Waals surface area contributed by atoms with Gasteiger partial charge in [0, 0.05) is 5.54 Å². The molecule has 1 aromatic carbocycles. The first-order valence-corrected chi connectivity index (χ1v) is 6.01. The zero-order chi connectivity index (χ0) is 13.6. The summed E-state index contributed by atoms with van der Waals surface area (Å²) in [5.41, 5.74) is 4.15. The van der Waals surface area contributed by atoms with Gasteiger partial charge in [0.2, 0.25) is 0 Å². The third-order valence-electron chi connectivity index (χ3n) is 3.42. The van der Waals surface area contributed by atoms with Crippen molar-refractivity contribution >= 4 is 11.6 Å². The van der Waals surface area contributed by atoms with Crippen LogP contribution in [0.1, 0.15) is 36.8 Å². The van der Waals surface area contributed by atoms with Crippen molar-refractivity contribution in [3.8, 4) is 5.75 Å². The van der Waals surface area contributed by atoms with Crippen LogP contribution >= 0.6 is 11.6 Å². The summed E-state index contributed by atoms with van der Waals surface area (Å²) in [6, 6.07) is 1.80. The summed E-state index contributed by atoms with van der Waals surface area (Å²) in [5.74, 6) is -0.575. The van der Waals surface area contributed by atoms with Crippen LogP contribution in [0.5, 0.6) is 5.75 Å². The maximum atomic E-state index is 13.0. The molecule has 1 fully saturated rings. The Bertz CT molecular complexity index is 467. The zero-order valence-corrected chi connectivity index (χ0v) is 10.3. The Labute approximate surface area is 108 Å². The quantitative estimate of drug-likeness (QED) is 0.821. The third kappa shape index (κ3) is 2.29. The van der Waals surface area contributed by atoms with E-state index in [1.165, 1.54) is 0 Å². The predicted molar refractivity (Wildman–Crippen MR) is 62.5 cm³/mol. The number of nitrogens with two attached hydrogens (primary N) is 1. The average molecular weight is 280 g/mol. The van der Waals surface area contributed by atoms with E-state index in [9.17, 15) is 18.3 Å². The highest BCUT2D eigenvalue weighted by Crippen LogP contribution is 2.45. The fraction of sp³-hybridized carbons (Fsp3) is 0.500. The molecule has 2 nitrogen and oxygen atoms in total. The second-order valence-corrected chi connectivity index (χ2v) is 5.12. The molecule has 1 aromatic rings. The summed E-state index contributed by atoms with van der Waals surface area (Å²) >= 11 is 5.70. The molecule has 1 aliphatic rings. The van der Waals surface area contributed by atoms with Gasteiger partial charge in [-0.1, -0.05) is 24.4 Å². The van der Waals surface area contributed by atoms with Crippen molar-refractivity contribution in [2.24, 2.45) is 5.73 Å². The number of alkyl halides is 3. The van der Waals surface area contributed by atoms with Crippen molar-refractivity contribution in [3.63, 3.8) is 0 Å². The summed E-state index contributed by atoms with van der Waals surface area (Å²) < 4.78 is 38.9. The Kier molecular flexibility index (Phi) is 3.23. The fourth-order valence-electron chi connectivity index (χ4n) is 2.48. The molecule has 3 N–H and O–H groups in total. The van der Waals surface area contributed by atoms with Gasteiger partial charge in [-0.2, -0.15) is 13.2 Å². The van der Waals surface area contributed by atoms with Crippen LogP contribution in [0, 0.1) is 0 Å². The minimum Gasteiger partial charge on any atom is -0.506 e. The average Bonchev–Trinajstić information content (AvgIpc) is 2.68. The van der Waals surface area contributed by atoms with E-state index in [-0.39, 0.29) is 10.6 Å². The zero-order valence-electron chi connectivity index (χ0n) is 9.52. The monoisotopic (exact) mass is 279 g/mol. The number of aromatic hydroxyl groups is 1. The lowest BCUT2D eigenvalue weighted by Crippen LogP contribution is -2.35. The molecule has 0 unspecified atom stereocenters. The van der Waals surface area contributed by atoms with E-state index in [2.05, 4.69) is 0 Å². The molecule has 0 spiro atoms. The second-order valence-electron chi connectivity index (χ2n) is 4.71. The molecule has 0 saturated heterocycles. The van der Waals surface area contributed by atoms with Gasteiger partial charge in [0.25, 0.3) is 0 Å². The van der Waals surface area contributed by atoms with Crippen molar-refractivity contribution in [1.29, 1.82) is 0 Å². The van der Waals surface area contributed by atoms with Gasteiger partial charge in [0.15, 0.2) is 0 Å². The Morgan fingerprint density at radius 1 is 1.22 bits per heavy atom. The molecule has 1 saturated carbocycles. The highest BCUT2D eigenvalue weighted by Gasteiger charge is 2.42. The van der Waals surface area contributed by atoms with E-state index in [0.717, 1.165) is 18.9 Å². The van der Waals surface area contributed by atoms with E-state index in [4.69, 9.17) is 17.3 Å². The number of benzene rings is 1. The molecule has 0 aliphatic heterocycles. The molecule has 0 bridgehead atoms. The van der Waals surface area contributed by atoms with E-state index in [1.54, 1.807) is 0 Å². The van der Waals surface area contributed by atoms with Crippen LogP contribution in [0.4, 0.5) is 13.2 Å². The van der Waals surface area contributed by atoms with Gasteiger partial charge in [-0.3, -0.25) is 0 Å². The van der Waals surface area contributed by atoms with Crippen molar-refractivity contribution in [2.45, 2.75) is 37.4 Å². The molecule has 0 heterocycles. The number of rotatable bonds is 1. The SMILES string of the molecule is NC1(c2cc(Cl)c(O)cc2C(F)(F)F)CCCC1. The summed E-state index contributed by atoms with van der Waals surface area (Å²) in [7, 11) is 0. The first kappa shape index (κ1) is 13.5. The molecular weight excluding hydrogens is 267 g/mol. The van der Waals surface area contributed by atoms with Crippen LogP contribution in [0.25, 0.3) is 0 Å². The lowest BCUT2D eigenvalue weighted by Gasteiger charge is -2.28. The highest BCUT2D eigenvalue weighted by atomic mass is 35.5. The third-order valence-corrected chi connectivity index (χ3v) is 3.73. The molecule has 0 atom stereocenters. The summed E-state index contributed by atoms with van der Waals surface area (Å²) in [6.07, 6.45) is -1.96. The van der Waals surface area contributed by atoms with Crippen LogP contribution in [0.2, 0.25) is 5.02 Å². The van der Waals surface area contributed by atoms with Crippen molar-refractivity contribution < 1.29 is 18.3 Å². The summed E-state index contributed by atoms with van der Waals surface area (Å²) in [5, 5.41) is 9.24. The van der Waals surface area contributed by atoms with E-state index in [0.29, 0.717) is 18.9 Å².